The zero-order valence-corrected chi connectivity index (χ0v) is 14.8. The molecule has 3 aromatic rings. The van der Waals surface area contributed by atoms with Gasteiger partial charge in [0.05, 0.1) is 16.8 Å². The van der Waals surface area contributed by atoms with Crippen molar-refractivity contribution in [3.8, 4) is 0 Å². The Kier molecular flexibility index (Phi) is 5.35. The Morgan fingerprint density at radius 1 is 0.893 bits per heavy atom. The van der Waals surface area contributed by atoms with Crippen LogP contribution in [-0.4, -0.2) is 13.0 Å². The van der Waals surface area contributed by atoms with E-state index in [2.05, 4.69) is 5.32 Å². The summed E-state index contributed by atoms with van der Waals surface area (Å²) in [5.74, 6) is -1.25. The molecule has 0 aliphatic carbocycles. The van der Waals surface area contributed by atoms with E-state index >= 15 is 0 Å². The van der Waals surface area contributed by atoms with Gasteiger partial charge in [-0.1, -0.05) is 24.3 Å². The Balaban J connectivity index is 1.80. The van der Waals surface area contributed by atoms with Gasteiger partial charge in [-0.15, -0.1) is 0 Å². The number of carbonyl (C=O) groups excluding carboxylic acids is 1. The molecule has 7 heteroatoms. The normalized spacial score (nSPS) is 11.2. The molecule has 0 fully saturated rings. The van der Waals surface area contributed by atoms with Crippen LogP contribution in [0.2, 0.25) is 0 Å². The highest BCUT2D eigenvalue weighted by Gasteiger charge is 2.34. The molecule has 0 saturated heterocycles. The summed E-state index contributed by atoms with van der Waals surface area (Å²) in [4.78, 5) is 13.6. The van der Waals surface area contributed by atoms with Crippen molar-refractivity contribution in [1.82, 2.24) is 0 Å². The Labute approximate surface area is 159 Å². The minimum atomic E-state index is -4.47. The quantitative estimate of drug-likeness (QED) is 0.568. The largest absolute Gasteiger partial charge is 0.418 e. The minimum Gasteiger partial charge on any atom is -0.344 e. The van der Waals surface area contributed by atoms with Crippen molar-refractivity contribution in [3.05, 3.63) is 89.7 Å². The Morgan fingerprint density at radius 3 is 2.14 bits per heavy atom. The van der Waals surface area contributed by atoms with Crippen LogP contribution in [0.5, 0.6) is 0 Å². The molecule has 1 N–H and O–H groups in total. The van der Waals surface area contributed by atoms with Gasteiger partial charge in [0, 0.05) is 18.4 Å². The molecule has 28 heavy (non-hydrogen) atoms. The van der Waals surface area contributed by atoms with E-state index in [4.69, 9.17) is 0 Å². The summed E-state index contributed by atoms with van der Waals surface area (Å²) < 4.78 is 53.3. The van der Waals surface area contributed by atoms with Gasteiger partial charge in [-0.25, -0.2) is 4.39 Å². The smallest absolute Gasteiger partial charge is 0.344 e. The lowest BCUT2D eigenvalue weighted by atomic mass is 10.1. The van der Waals surface area contributed by atoms with Gasteiger partial charge in [0.1, 0.15) is 5.82 Å². The van der Waals surface area contributed by atoms with Gasteiger partial charge in [-0.2, -0.15) is 13.2 Å². The van der Waals surface area contributed by atoms with Crippen LogP contribution in [0.15, 0.2) is 72.8 Å². The molecule has 0 aliphatic rings. The third-order valence-electron chi connectivity index (χ3n) is 4.20. The molecule has 0 radical (unpaired) electrons. The summed E-state index contributed by atoms with van der Waals surface area (Å²) >= 11 is 0. The lowest BCUT2D eigenvalue weighted by Gasteiger charge is -2.23. The predicted octanol–water partition coefficient (Wildman–Crippen LogP) is 5.86. The highest BCUT2D eigenvalue weighted by molar-refractivity contribution is 6.04. The molecule has 3 rings (SSSR count). The fourth-order valence-corrected chi connectivity index (χ4v) is 2.76. The van der Waals surface area contributed by atoms with Crippen molar-refractivity contribution in [2.24, 2.45) is 0 Å². The minimum absolute atomic E-state index is 0.0122. The summed E-state index contributed by atoms with van der Waals surface area (Å²) in [6.07, 6.45) is -4.47. The van der Waals surface area contributed by atoms with Gasteiger partial charge in [-0.05, 0) is 48.5 Å². The molecule has 0 unspecified atom stereocenters. The van der Waals surface area contributed by atoms with Gasteiger partial charge in [0.15, 0.2) is 0 Å². The molecule has 3 aromatic carbocycles. The maximum absolute atomic E-state index is 13.7. The van der Waals surface area contributed by atoms with Crippen molar-refractivity contribution in [3.63, 3.8) is 0 Å². The molecule has 0 atom stereocenters. The number of nitrogens with one attached hydrogen (secondary N) is 1. The molecule has 3 nitrogen and oxygen atoms in total. The topological polar surface area (TPSA) is 32.3 Å². The number of benzene rings is 3. The number of nitrogens with zero attached hydrogens (tertiary/aromatic N) is 1. The molecule has 144 valence electrons. The number of anilines is 3. The van der Waals surface area contributed by atoms with Gasteiger partial charge >= 0.3 is 6.18 Å². The van der Waals surface area contributed by atoms with Crippen molar-refractivity contribution in [2.75, 3.05) is 17.3 Å². The van der Waals surface area contributed by atoms with Gasteiger partial charge in [0.2, 0.25) is 0 Å². The summed E-state index contributed by atoms with van der Waals surface area (Å²) in [5.41, 5.74) is 0.0745. The predicted molar refractivity (Wildman–Crippen MR) is 100 cm³/mol. The van der Waals surface area contributed by atoms with Crippen LogP contribution in [-0.2, 0) is 6.18 Å². The molecule has 1 amide bonds. The van der Waals surface area contributed by atoms with Gasteiger partial charge in [-0.3, -0.25) is 4.79 Å². The van der Waals surface area contributed by atoms with Crippen LogP contribution in [0.4, 0.5) is 34.6 Å². The van der Waals surface area contributed by atoms with Crippen LogP contribution < -0.4 is 10.2 Å². The first-order valence-corrected chi connectivity index (χ1v) is 8.33. The molecular formula is C21H16F4N2O. The average Bonchev–Trinajstić information content (AvgIpc) is 2.67. The summed E-state index contributed by atoms with van der Waals surface area (Å²) in [6, 6.07) is 17.1. The van der Waals surface area contributed by atoms with Gasteiger partial charge in [0.25, 0.3) is 5.91 Å². The van der Waals surface area contributed by atoms with E-state index in [1.54, 1.807) is 30.3 Å². The number of amides is 1. The van der Waals surface area contributed by atoms with Crippen LogP contribution >= 0.6 is 0 Å². The second-order valence-corrected chi connectivity index (χ2v) is 6.05. The molecular weight excluding hydrogens is 372 g/mol. The lowest BCUT2D eigenvalue weighted by molar-refractivity contribution is -0.137. The van der Waals surface area contributed by atoms with Crippen molar-refractivity contribution in [2.45, 2.75) is 6.18 Å². The average molecular weight is 388 g/mol. The van der Waals surface area contributed by atoms with Crippen LogP contribution in [0.25, 0.3) is 0 Å². The summed E-state index contributed by atoms with van der Waals surface area (Å²) in [7, 11) is 1.53. The fourth-order valence-electron chi connectivity index (χ4n) is 2.76. The third kappa shape index (κ3) is 4.14. The number of hydrogen-bond donors (Lipinski definition) is 1. The summed E-state index contributed by atoms with van der Waals surface area (Å²) in [5, 5.41) is 2.56. The number of rotatable bonds is 4. The van der Waals surface area contributed by atoms with E-state index < -0.39 is 23.5 Å². The molecule has 0 saturated carbocycles. The van der Waals surface area contributed by atoms with E-state index in [0.717, 1.165) is 6.07 Å². The number of alkyl halides is 3. The Bertz CT molecular complexity index is 984. The lowest BCUT2D eigenvalue weighted by Crippen LogP contribution is -2.17. The first-order chi connectivity index (χ1) is 13.3. The maximum Gasteiger partial charge on any atom is 0.418 e. The second-order valence-electron chi connectivity index (χ2n) is 6.05. The van der Waals surface area contributed by atoms with Gasteiger partial charge < -0.3 is 10.2 Å². The molecule has 0 spiro atoms. The van der Waals surface area contributed by atoms with E-state index in [1.165, 1.54) is 48.3 Å². The first kappa shape index (κ1) is 19.4. The van der Waals surface area contributed by atoms with E-state index in [-0.39, 0.29) is 11.3 Å². The molecule has 0 aromatic heterocycles. The van der Waals surface area contributed by atoms with Crippen LogP contribution in [0.3, 0.4) is 0 Å². The monoisotopic (exact) mass is 388 g/mol. The van der Waals surface area contributed by atoms with E-state index in [0.29, 0.717) is 11.4 Å². The highest BCUT2D eigenvalue weighted by Crippen LogP contribution is 2.38. The third-order valence-corrected chi connectivity index (χ3v) is 4.20. The fraction of sp³-hybridized carbons (Fsp3) is 0.0952. The summed E-state index contributed by atoms with van der Waals surface area (Å²) in [6.45, 7) is 0. The Hall–Kier alpha value is -3.35. The SMILES string of the molecule is CN(c1ccc(NC(=O)c2ccccc2F)cc1)c1ccccc1C(F)(F)F. The number of carbonyl (C=O) groups is 1. The zero-order chi connectivity index (χ0) is 20.3. The molecule has 0 heterocycles. The zero-order valence-electron chi connectivity index (χ0n) is 14.8. The first-order valence-electron chi connectivity index (χ1n) is 8.33. The van der Waals surface area contributed by atoms with Crippen LogP contribution in [0, 0.1) is 5.82 Å². The molecule has 0 aliphatic heterocycles. The number of para-hydroxylation sites is 1. The van der Waals surface area contributed by atoms with Crippen molar-refractivity contribution < 1.29 is 22.4 Å². The van der Waals surface area contributed by atoms with Crippen LogP contribution in [0.1, 0.15) is 15.9 Å². The molecule has 0 bridgehead atoms. The van der Waals surface area contributed by atoms with E-state index in [9.17, 15) is 22.4 Å². The van der Waals surface area contributed by atoms with E-state index in [1.807, 2.05) is 0 Å². The van der Waals surface area contributed by atoms with Crippen molar-refractivity contribution >= 4 is 23.0 Å². The number of hydrogen-bond acceptors (Lipinski definition) is 2. The second kappa shape index (κ2) is 7.72. The standard InChI is InChI=1S/C21H16F4N2O/c1-27(19-9-5-3-7-17(19)21(23,24)25)15-12-10-14(11-13-15)26-20(28)16-6-2-4-8-18(16)22/h2-13H,1H3,(H,26,28). The number of halogens is 4. The maximum atomic E-state index is 13.7. The van der Waals surface area contributed by atoms with Crippen molar-refractivity contribution in [1.29, 1.82) is 0 Å². The highest BCUT2D eigenvalue weighted by atomic mass is 19.4. The Morgan fingerprint density at radius 2 is 1.50 bits per heavy atom.